The van der Waals surface area contributed by atoms with Crippen molar-refractivity contribution >= 4 is 37.5 Å². The van der Waals surface area contributed by atoms with Crippen molar-refractivity contribution in [3.63, 3.8) is 0 Å². The van der Waals surface area contributed by atoms with Gasteiger partial charge < -0.3 is 0 Å². The van der Waals surface area contributed by atoms with E-state index in [4.69, 9.17) is 12.0 Å². The summed E-state index contributed by atoms with van der Waals surface area (Å²) in [6.45, 7) is 0. The number of aromatic nitrogens is 1. The number of benzene rings is 1. The van der Waals surface area contributed by atoms with Crippen molar-refractivity contribution < 1.29 is 3.07 Å². The van der Waals surface area contributed by atoms with Gasteiger partial charge in [0, 0.05) is 0 Å². The second-order valence-electron chi connectivity index (χ2n) is 3.80. The molecule has 1 heterocycles. The van der Waals surface area contributed by atoms with Crippen molar-refractivity contribution in [1.29, 1.82) is 0 Å². The average molecular weight is 328 g/mol. The van der Waals surface area contributed by atoms with Gasteiger partial charge in [-0.3, -0.25) is 0 Å². The average Bonchev–Trinajstić information content (AvgIpc) is 2.16. The van der Waals surface area contributed by atoms with Crippen LogP contribution < -0.4 is 3.07 Å². The predicted molar refractivity (Wildman–Crippen MR) is 65.7 cm³/mol. The number of hydrogen-bond acceptors (Lipinski definition) is 2. The van der Waals surface area contributed by atoms with Crippen LogP contribution in [0.4, 0.5) is 0 Å². The summed E-state index contributed by atoms with van der Waals surface area (Å²) in [5, 5.41) is 1.09. The molecule has 0 aliphatic carbocycles. The number of rotatable bonds is 2. The summed E-state index contributed by atoms with van der Waals surface area (Å²) in [5.41, 5.74) is 0.894. The standard InChI is InChI=1S/C9H7NO.2CH3.ClH.Sn/c11-8-5-1-3-7-4-2-6-10-9(7)8;;;;/h1-6,11H;2*1H3;1H;/q;;;;+2/p-2. The molecule has 4 heteroatoms. The van der Waals surface area contributed by atoms with Crippen LogP contribution in [0.25, 0.3) is 10.9 Å². The van der Waals surface area contributed by atoms with E-state index in [1.807, 2.05) is 40.2 Å². The molecule has 0 bridgehead atoms. The van der Waals surface area contributed by atoms with E-state index < -0.39 is 17.7 Å². The van der Waals surface area contributed by atoms with Gasteiger partial charge in [-0.1, -0.05) is 0 Å². The summed E-state index contributed by atoms with van der Waals surface area (Å²) in [6.07, 6.45) is 1.77. The van der Waals surface area contributed by atoms with Gasteiger partial charge in [0.25, 0.3) is 0 Å². The summed E-state index contributed by atoms with van der Waals surface area (Å²) in [4.78, 5) is 8.34. The summed E-state index contributed by atoms with van der Waals surface area (Å²) < 4.78 is 5.83. The van der Waals surface area contributed by atoms with Gasteiger partial charge in [0.2, 0.25) is 0 Å². The molecule has 0 radical (unpaired) electrons. The summed E-state index contributed by atoms with van der Waals surface area (Å²) in [6, 6.07) is 9.85. The molecule has 0 amide bonds. The van der Waals surface area contributed by atoms with Crippen molar-refractivity contribution in [3.8, 4) is 5.75 Å². The Bertz CT molecular complexity index is 476. The Hall–Kier alpha value is -0.481. The second-order valence-corrected chi connectivity index (χ2v) is 18.3. The van der Waals surface area contributed by atoms with E-state index in [9.17, 15) is 0 Å². The quantitative estimate of drug-likeness (QED) is 0.787. The molecule has 2 nitrogen and oxygen atoms in total. The fourth-order valence-electron chi connectivity index (χ4n) is 1.42. The zero-order valence-electron chi connectivity index (χ0n) is 8.70. The molecule has 0 saturated carbocycles. The molecule has 0 N–H and O–H groups in total. The molecule has 1 aromatic carbocycles. The third-order valence-corrected chi connectivity index (χ3v) is 4.48. The van der Waals surface area contributed by atoms with Crippen LogP contribution in [0.2, 0.25) is 9.88 Å². The molecule has 0 saturated heterocycles. The van der Waals surface area contributed by atoms with E-state index in [0.717, 1.165) is 16.7 Å². The summed E-state index contributed by atoms with van der Waals surface area (Å²) >= 11 is -2.78. The van der Waals surface area contributed by atoms with Crippen molar-refractivity contribution in [1.82, 2.24) is 4.98 Å². The third-order valence-electron chi connectivity index (χ3n) is 1.95. The molecule has 78 valence electrons. The Morgan fingerprint density at radius 1 is 1.20 bits per heavy atom. The van der Waals surface area contributed by atoms with Crippen molar-refractivity contribution in [3.05, 3.63) is 36.5 Å². The Morgan fingerprint density at radius 2 is 1.93 bits per heavy atom. The minimum atomic E-state index is -2.78. The second kappa shape index (κ2) is 4.18. The molecule has 15 heavy (non-hydrogen) atoms. The van der Waals surface area contributed by atoms with Gasteiger partial charge >= 0.3 is 97.7 Å². The number of halogens is 1. The van der Waals surface area contributed by atoms with Crippen LogP contribution in [0.15, 0.2) is 36.5 Å². The van der Waals surface area contributed by atoms with Crippen LogP contribution in [-0.2, 0) is 0 Å². The summed E-state index contributed by atoms with van der Waals surface area (Å²) in [7, 11) is 6.23. The van der Waals surface area contributed by atoms with E-state index in [0.29, 0.717) is 0 Å². The number of pyridine rings is 1. The monoisotopic (exact) mass is 329 g/mol. The van der Waals surface area contributed by atoms with Crippen LogP contribution in [0.3, 0.4) is 0 Å². The number of nitrogens with zero attached hydrogens (tertiary/aromatic N) is 1. The van der Waals surface area contributed by atoms with Crippen molar-refractivity contribution in [2.24, 2.45) is 0 Å². The fourth-order valence-corrected chi connectivity index (χ4v) is 3.94. The molecular weight excluding hydrogens is 316 g/mol. The summed E-state index contributed by atoms with van der Waals surface area (Å²) in [5.74, 6) is 0.809. The molecule has 0 spiro atoms. The molecule has 0 unspecified atom stereocenters. The van der Waals surface area contributed by atoms with Crippen LogP contribution in [0.5, 0.6) is 5.75 Å². The molecule has 0 atom stereocenters. The third kappa shape index (κ3) is 2.75. The Labute approximate surface area is 97.4 Å². The van der Waals surface area contributed by atoms with Gasteiger partial charge in [0.15, 0.2) is 0 Å². The molecule has 0 aliphatic heterocycles. The Kier molecular flexibility index (Phi) is 3.07. The van der Waals surface area contributed by atoms with Gasteiger partial charge in [0.1, 0.15) is 0 Å². The maximum atomic E-state index is 6.23. The molecular formula is C11H12ClNOSn. The normalized spacial score (nSPS) is 11.7. The molecule has 1 aromatic heterocycles. The van der Waals surface area contributed by atoms with E-state index in [-0.39, 0.29) is 0 Å². The van der Waals surface area contributed by atoms with Gasteiger partial charge in [-0.25, -0.2) is 0 Å². The molecule has 0 aliphatic rings. The van der Waals surface area contributed by atoms with Crippen LogP contribution in [-0.4, -0.2) is 22.6 Å². The first-order chi connectivity index (χ1) is 7.06. The van der Waals surface area contributed by atoms with Gasteiger partial charge in [-0.05, 0) is 0 Å². The number of para-hydroxylation sites is 1. The predicted octanol–water partition coefficient (Wildman–Crippen LogP) is 3.55. The molecule has 2 aromatic rings. The van der Waals surface area contributed by atoms with E-state index >= 15 is 0 Å². The van der Waals surface area contributed by atoms with Crippen LogP contribution >= 0.6 is 8.92 Å². The van der Waals surface area contributed by atoms with Crippen molar-refractivity contribution in [2.75, 3.05) is 0 Å². The fraction of sp³-hybridized carbons (Fsp3) is 0.182. The minimum absolute atomic E-state index is 0.809. The first-order valence-electron chi connectivity index (χ1n) is 4.78. The zero-order valence-corrected chi connectivity index (χ0v) is 12.3. The topological polar surface area (TPSA) is 22.1 Å². The SMILES string of the molecule is [CH3][Sn]([CH3])([Cl])[O]c1cccc2cccnc12. The van der Waals surface area contributed by atoms with Gasteiger partial charge in [-0.15, -0.1) is 0 Å². The van der Waals surface area contributed by atoms with Crippen molar-refractivity contribution in [2.45, 2.75) is 9.88 Å². The van der Waals surface area contributed by atoms with E-state index in [1.54, 1.807) is 6.20 Å². The van der Waals surface area contributed by atoms with E-state index in [1.165, 1.54) is 0 Å². The number of hydrogen-bond donors (Lipinski definition) is 0. The molecule has 2 rings (SSSR count). The van der Waals surface area contributed by atoms with E-state index in [2.05, 4.69) is 4.98 Å². The molecule has 0 fully saturated rings. The Balaban J connectivity index is 2.52. The maximum absolute atomic E-state index is 6.23. The van der Waals surface area contributed by atoms with Gasteiger partial charge in [0.05, 0.1) is 0 Å². The van der Waals surface area contributed by atoms with Gasteiger partial charge in [-0.2, -0.15) is 0 Å². The first-order valence-corrected chi connectivity index (χ1v) is 15.3. The van der Waals surface area contributed by atoms with Crippen LogP contribution in [0, 0.1) is 0 Å². The zero-order chi connectivity index (χ0) is 10.9. The van der Waals surface area contributed by atoms with Crippen LogP contribution in [0.1, 0.15) is 0 Å². The Morgan fingerprint density at radius 3 is 2.67 bits per heavy atom. The first kappa shape index (κ1) is 11.0. The number of fused-ring (bicyclic) bond motifs is 1.